The van der Waals surface area contributed by atoms with E-state index in [1.165, 1.54) is 0 Å². The number of thiazole rings is 1. The van der Waals surface area contributed by atoms with Crippen LogP contribution in [0.3, 0.4) is 0 Å². The zero-order valence-corrected chi connectivity index (χ0v) is 13.0. The standard InChI is InChI=1S/C14H21N5S/c1-4-6-15-13-10(2)14(18-9-17-13)16-7-5-12-8-20-11(3)19-12/h8-9H,4-7H2,1-3H3,(H2,15,16,17,18). The monoisotopic (exact) mass is 291 g/mol. The predicted octanol–water partition coefficient (Wildman–Crippen LogP) is 3.03. The quantitative estimate of drug-likeness (QED) is 0.821. The molecule has 0 fully saturated rings. The van der Waals surface area contributed by atoms with Gasteiger partial charge in [-0.15, -0.1) is 11.3 Å². The lowest BCUT2D eigenvalue weighted by Gasteiger charge is -2.12. The topological polar surface area (TPSA) is 62.7 Å². The van der Waals surface area contributed by atoms with Crippen LogP contribution in [0, 0.1) is 13.8 Å². The SMILES string of the molecule is CCCNc1ncnc(NCCc2csc(C)n2)c1C. The van der Waals surface area contributed by atoms with Crippen molar-refractivity contribution in [1.82, 2.24) is 15.0 Å². The van der Waals surface area contributed by atoms with Crippen molar-refractivity contribution in [3.05, 3.63) is 28.0 Å². The van der Waals surface area contributed by atoms with E-state index in [1.54, 1.807) is 17.7 Å². The number of aryl methyl sites for hydroxylation is 1. The summed E-state index contributed by atoms with van der Waals surface area (Å²) in [6.45, 7) is 7.96. The van der Waals surface area contributed by atoms with Crippen LogP contribution in [0.1, 0.15) is 29.6 Å². The van der Waals surface area contributed by atoms with Crippen molar-refractivity contribution in [3.8, 4) is 0 Å². The number of aromatic nitrogens is 3. The summed E-state index contributed by atoms with van der Waals surface area (Å²) >= 11 is 1.69. The fraction of sp³-hybridized carbons (Fsp3) is 0.500. The normalized spacial score (nSPS) is 10.6. The Morgan fingerprint density at radius 3 is 2.40 bits per heavy atom. The summed E-state index contributed by atoms with van der Waals surface area (Å²) in [5, 5.41) is 9.90. The second-order valence-corrected chi connectivity index (χ2v) is 5.72. The third-order valence-corrected chi connectivity index (χ3v) is 3.79. The van der Waals surface area contributed by atoms with Gasteiger partial charge in [0.15, 0.2) is 0 Å². The van der Waals surface area contributed by atoms with Gasteiger partial charge in [-0.05, 0) is 20.3 Å². The summed E-state index contributed by atoms with van der Waals surface area (Å²) in [7, 11) is 0. The lowest BCUT2D eigenvalue weighted by atomic mass is 10.3. The first-order valence-electron chi connectivity index (χ1n) is 6.91. The molecule has 0 bridgehead atoms. The van der Waals surface area contributed by atoms with Crippen molar-refractivity contribution in [2.24, 2.45) is 0 Å². The molecule has 2 N–H and O–H groups in total. The van der Waals surface area contributed by atoms with Crippen LogP contribution >= 0.6 is 11.3 Å². The molecular formula is C14H21N5S. The number of hydrogen-bond donors (Lipinski definition) is 2. The van der Waals surface area contributed by atoms with Gasteiger partial charge < -0.3 is 10.6 Å². The Kier molecular flexibility index (Phi) is 5.29. The number of nitrogens with zero attached hydrogens (tertiary/aromatic N) is 3. The van der Waals surface area contributed by atoms with E-state index >= 15 is 0 Å². The molecule has 20 heavy (non-hydrogen) atoms. The molecule has 0 aliphatic heterocycles. The maximum atomic E-state index is 4.46. The molecule has 0 saturated carbocycles. The molecule has 2 aromatic rings. The molecule has 2 aromatic heterocycles. The maximum Gasteiger partial charge on any atom is 0.134 e. The minimum atomic E-state index is 0.828. The molecule has 0 aliphatic rings. The minimum absolute atomic E-state index is 0.828. The second kappa shape index (κ2) is 7.19. The molecule has 2 heterocycles. The second-order valence-electron chi connectivity index (χ2n) is 4.66. The van der Waals surface area contributed by atoms with Crippen LogP contribution in [0.5, 0.6) is 0 Å². The van der Waals surface area contributed by atoms with Gasteiger partial charge in [0.2, 0.25) is 0 Å². The Morgan fingerprint density at radius 2 is 1.80 bits per heavy atom. The fourth-order valence-electron chi connectivity index (χ4n) is 1.88. The third-order valence-electron chi connectivity index (χ3n) is 2.97. The first-order chi connectivity index (χ1) is 9.70. The molecule has 0 aliphatic carbocycles. The van der Waals surface area contributed by atoms with E-state index in [0.29, 0.717) is 0 Å². The molecule has 0 atom stereocenters. The Hall–Kier alpha value is -1.69. The highest BCUT2D eigenvalue weighted by molar-refractivity contribution is 7.09. The van der Waals surface area contributed by atoms with Gasteiger partial charge in [-0.3, -0.25) is 0 Å². The lowest BCUT2D eigenvalue weighted by molar-refractivity contribution is 0.941. The molecule has 0 radical (unpaired) electrons. The minimum Gasteiger partial charge on any atom is -0.370 e. The highest BCUT2D eigenvalue weighted by Crippen LogP contribution is 2.18. The Labute approximate surface area is 123 Å². The van der Waals surface area contributed by atoms with E-state index in [2.05, 4.69) is 37.9 Å². The zero-order chi connectivity index (χ0) is 14.4. The molecule has 2 rings (SSSR count). The highest BCUT2D eigenvalue weighted by Gasteiger charge is 2.06. The number of hydrogen-bond acceptors (Lipinski definition) is 6. The fourth-order valence-corrected chi connectivity index (χ4v) is 2.53. The summed E-state index contributed by atoms with van der Waals surface area (Å²) in [5.41, 5.74) is 2.20. The molecular weight excluding hydrogens is 270 g/mol. The van der Waals surface area contributed by atoms with Crippen molar-refractivity contribution in [1.29, 1.82) is 0 Å². The molecule has 108 valence electrons. The van der Waals surface area contributed by atoms with E-state index in [1.807, 2.05) is 13.8 Å². The summed E-state index contributed by atoms with van der Waals surface area (Å²) in [6.07, 6.45) is 3.58. The van der Waals surface area contributed by atoms with Crippen LogP contribution in [0.25, 0.3) is 0 Å². The van der Waals surface area contributed by atoms with Crippen molar-refractivity contribution in [2.45, 2.75) is 33.6 Å². The lowest BCUT2D eigenvalue weighted by Crippen LogP contribution is -2.11. The zero-order valence-electron chi connectivity index (χ0n) is 12.2. The van der Waals surface area contributed by atoms with Gasteiger partial charge in [0.25, 0.3) is 0 Å². The van der Waals surface area contributed by atoms with Gasteiger partial charge in [-0.1, -0.05) is 6.92 Å². The molecule has 0 spiro atoms. The van der Waals surface area contributed by atoms with Gasteiger partial charge in [0.1, 0.15) is 18.0 Å². The first kappa shape index (κ1) is 14.7. The third kappa shape index (κ3) is 3.90. The summed E-state index contributed by atoms with van der Waals surface area (Å²) in [6, 6.07) is 0. The average Bonchev–Trinajstić information content (AvgIpc) is 2.85. The number of anilines is 2. The van der Waals surface area contributed by atoms with Gasteiger partial charge in [-0.25, -0.2) is 15.0 Å². The largest absolute Gasteiger partial charge is 0.370 e. The van der Waals surface area contributed by atoms with E-state index in [-0.39, 0.29) is 0 Å². The van der Waals surface area contributed by atoms with Crippen LogP contribution in [0.15, 0.2) is 11.7 Å². The van der Waals surface area contributed by atoms with E-state index < -0.39 is 0 Å². The van der Waals surface area contributed by atoms with Crippen molar-refractivity contribution in [3.63, 3.8) is 0 Å². The Morgan fingerprint density at radius 1 is 1.10 bits per heavy atom. The molecule has 0 unspecified atom stereocenters. The van der Waals surface area contributed by atoms with Crippen LogP contribution < -0.4 is 10.6 Å². The van der Waals surface area contributed by atoms with Crippen LogP contribution in [-0.2, 0) is 6.42 Å². The molecule has 0 saturated heterocycles. The first-order valence-corrected chi connectivity index (χ1v) is 7.79. The molecule has 5 nitrogen and oxygen atoms in total. The molecule has 6 heteroatoms. The molecule has 0 amide bonds. The number of rotatable bonds is 7. The van der Waals surface area contributed by atoms with E-state index in [0.717, 1.165) is 53.8 Å². The summed E-state index contributed by atoms with van der Waals surface area (Å²) in [5.74, 6) is 1.81. The van der Waals surface area contributed by atoms with Gasteiger partial charge in [-0.2, -0.15) is 0 Å². The summed E-state index contributed by atoms with van der Waals surface area (Å²) in [4.78, 5) is 13.0. The van der Waals surface area contributed by atoms with Gasteiger partial charge >= 0.3 is 0 Å². The van der Waals surface area contributed by atoms with Crippen molar-refractivity contribution in [2.75, 3.05) is 23.7 Å². The Balaban J connectivity index is 1.92. The van der Waals surface area contributed by atoms with Crippen LogP contribution in [0.2, 0.25) is 0 Å². The maximum absolute atomic E-state index is 4.46. The predicted molar refractivity (Wildman–Crippen MR) is 84.6 cm³/mol. The highest BCUT2D eigenvalue weighted by atomic mass is 32.1. The van der Waals surface area contributed by atoms with Crippen LogP contribution in [-0.4, -0.2) is 28.0 Å². The molecule has 0 aromatic carbocycles. The van der Waals surface area contributed by atoms with E-state index in [4.69, 9.17) is 0 Å². The van der Waals surface area contributed by atoms with Gasteiger partial charge in [0.05, 0.1) is 10.7 Å². The van der Waals surface area contributed by atoms with E-state index in [9.17, 15) is 0 Å². The number of nitrogens with one attached hydrogen (secondary N) is 2. The van der Waals surface area contributed by atoms with Crippen molar-refractivity contribution < 1.29 is 0 Å². The van der Waals surface area contributed by atoms with Gasteiger partial charge in [0, 0.05) is 30.5 Å². The van der Waals surface area contributed by atoms with Crippen molar-refractivity contribution >= 4 is 23.0 Å². The summed E-state index contributed by atoms with van der Waals surface area (Å²) < 4.78 is 0. The van der Waals surface area contributed by atoms with Crippen LogP contribution in [0.4, 0.5) is 11.6 Å². The average molecular weight is 291 g/mol. The smallest absolute Gasteiger partial charge is 0.134 e. The Bertz CT molecular complexity index is 552.